The molecule has 0 bridgehead atoms. The van der Waals surface area contributed by atoms with Gasteiger partial charge in [0, 0.05) is 17.9 Å². The van der Waals surface area contributed by atoms with Crippen LogP contribution in [0.25, 0.3) is 0 Å². The molecular formula is C17H19N3O2. The molecular weight excluding hydrogens is 278 g/mol. The molecule has 5 nitrogen and oxygen atoms in total. The van der Waals surface area contributed by atoms with Crippen LogP contribution in [0.5, 0.6) is 0 Å². The van der Waals surface area contributed by atoms with Crippen molar-refractivity contribution in [3.8, 4) is 0 Å². The summed E-state index contributed by atoms with van der Waals surface area (Å²) in [5.74, 6) is -0.0960. The number of anilines is 2. The normalized spacial score (nSPS) is 9.86. The zero-order valence-corrected chi connectivity index (χ0v) is 12.4. The summed E-state index contributed by atoms with van der Waals surface area (Å²) in [6, 6.07) is 16.3. The molecule has 2 aromatic rings. The summed E-state index contributed by atoms with van der Waals surface area (Å²) in [5.41, 5.74) is 2.27. The van der Waals surface area contributed by atoms with E-state index in [0.29, 0.717) is 12.2 Å². The molecule has 2 aromatic carbocycles. The number of urea groups is 1. The van der Waals surface area contributed by atoms with Gasteiger partial charge in [0.1, 0.15) is 0 Å². The van der Waals surface area contributed by atoms with Crippen molar-refractivity contribution in [2.24, 2.45) is 0 Å². The zero-order valence-electron chi connectivity index (χ0n) is 12.4. The Morgan fingerprint density at radius 3 is 2.36 bits per heavy atom. The molecule has 3 N–H and O–H groups in total. The van der Waals surface area contributed by atoms with E-state index in [1.165, 1.54) is 0 Å². The molecule has 0 atom stereocenters. The van der Waals surface area contributed by atoms with Gasteiger partial charge < -0.3 is 16.0 Å². The van der Waals surface area contributed by atoms with Crippen LogP contribution >= 0.6 is 0 Å². The number of rotatable bonds is 5. The number of benzene rings is 2. The van der Waals surface area contributed by atoms with E-state index in [2.05, 4.69) is 16.0 Å². The Kier molecular flexibility index (Phi) is 5.54. The Labute approximate surface area is 129 Å². The highest BCUT2D eigenvalue weighted by atomic mass is 16.2. The fraction of sp³-hybridized carbons (Fsp3) is 0.176. The second kappa shape index (κ2) is 7.83. The Balaban J connectivity index is 1.95. The van der Waals surface area contributed by atoms with Gasteiger partial charge in [0.15, 0.2) is 0 Å². The zero-order chi connectivity index (χ0) is 15.8. The summed E-state index contributed by atoms with van der Waals surface area (Å²) in [6.45, 7) is 2.41. The number of amides is 3. The maximum absolute atomic E-state index is 12.0. The third kappa shape index (κ3) is 4.94. The van der Waals surface area contributed by atoms with Crippen LogP contribution in [0, 0.1) is 0 Å². The molecule has 5 heteroatoms. The van der Waals surface area contributed by atoms with E-state index in [1.54, 1.807) is 12.1 Å². The molecule has 0 aliphatic heterocycles. The maximum atomic E-state index is 12.0. The molecule has 0 saturated heterocycles. The van der Waals surface area contributed by atoms with E-state index in [-0.39, 0.29) is 18.4 Å². The van der Waals surface area contributed by atoms with Gasteiger partial charge in [0.25, 0.3) is 0 Å². The number of nitrogens with one attached hydrogen (secondary N) is 3. The highest BCUT2D eigenvalue weighted by Crippen LogP contribution is 2.12. The second-order valence-electron chi connectivity index (χ2n) is 4.78. The molecule has 0 spiro atoms. The predicted molar refractivity (Wildman–Crippen MR) is 87.9 cm³/mol. The minimum atomic E-state index is -0.256. The topological polar surface area (TPSA) is 70.2 Å². The molecule has 0 aliphatic rings. The third-order valence-electron chi connectivity index (χ3n) is 2.94. The van der Waals surface area contributed by atoms with Crippen molar-refractivity contribution in [1.82, 2.24) is 5.32 Å². The van der Waals surface area contributed by atoms with Gasteiger partial charge in [0.2, 0.25) is 5.91 Å². The van der Waals surface area contributed by atoms with Crippen molar-refractivity contribution >= 4 is 23.3 Å². The first-order valence-electron chi connectivity index (χ1n) is 7.16. The van der Waals surface area contributed by atoms with E-state index in [0.717, 1.165) is 11.3 Å². The fourth-order valence-corrected chi connectivity index (χ4v) is 2.01. The summed E-state index contributed by atoms with van der Waals surface area (Å²) in [6.07, 6.45) is 0.250. The Morgan fingerprint density at radius 1 is 0.909 bits per heavy atom. The first kappa shape index (κ1) is 15.6. The van der Waals surface area contributed by atoms with Crippen LogP contribution in [0.3, 0.4) is 0 Å². The lowest BCUT2D eigenvalue weighted by Gasteiger charge is -2.08. The van der Waals surface area contributed by atoms with Crippen LogP contribution in [-0.2, 0) is 11.2 Å². The molecule has 2 rings (SSSR count). The van der Waals surface area contributed by atoms with Crippen molar-refractivity contribution in [2.45, 2.75) is 13.3 Å². The Hall–Kier alpha value is -2.82. The summed E-state index contributed by atoms with van der Waals surface area (Å²) in [4.78, 5) is 23.5. The minimum Gasteiger partial charge on any atom is -0.338 e. The standard InChI is InChI=1S/C17H19N3O2/c1-2-18-17(22)20-15-10-6-7-13(11-15)12-16(21)19-14-8-4-3-5-9-14/h3-11H,2,12H2,1H3,(H,19,21)(H2,18,20,22). The Morgan fingerprint density at radius 2 is 1.64 bits per heavy atom. The van der Waals surface area contributed by atoms with Crippen molar-refractivity contribution in [2.75, 3.05) is 17.2 Å². The van der Waals surface area contributed by atoms with Gasteiger partial charge >= 0.3 is 6.03 Å². The first-order valence-corrected chi connectivity index (χ1v) is 7.16. The molecule has 0 aromatic heterocycles. The van der Waals surface area contributed by atoms with Crippen molar-refractivity contribution in [3.63, 3.8) is 0 Å². The van der Waals surface area contributed by atoms with Crippen molar-refractivity contribution in [3.05, 3.63) is 60.2 Å². The summed E-state index contributed by atoms with van der Waals surface area (Å²) in [5, 5.41) is 8.21. The third-order valence-corrected chi connectivity index (χ3v) is 2.94. The van der Waals surface area contributed by atoms with E-state index in [1.807, 2.05) is 49.4 Å². The van der Waals surface area contributed by atoms with Crippen LogP contribution in [0.15, 0.2) is 54.6 Å². The predicted octanol–water partition coefficient (Wildman–Crippen LogP) is 3.01. The quantitative estimate of drug-likeness (QED) is 0.794. The fourth-order valence-electron chi connectivity index (χ4n) is 2.01. The number of carbonyl (C=O) groups is 2. The number of hydrogen-bond acceptors (Lipinski definition) is 2. The maximum Gasteiger partial charge on any atom is 0.319 e. The molecule has 0 radical (unpaired) electrons. The molecule has 0 aliphatic carbocycles. The lowest BCUT2D eigenvalue weighted by atomic mass is 10.1. The van der Waals surface area contributed by atoms with Gasteiger partial charge in [-0.3, -0.25) is 4.79 Å². The average molecular weight is 297 g/mol. The van der Waals surface area contributed by atoms with Crippen molar-refractivity contribution in [1.29, 1.82) is 0 Å². The molecule has 0 fully saturated rings. The molecule has 3 amide bonds. The van der Waals surface area contributed by atoms with E-state index in [4.69, 9.17) is 0 Å². The monoisotopic (exact) mass is 297 g/mol. The van der Waals surface area contributed by atoms with Gasteiger partial charge in [-0.25, -0.2) is 4.79 Å². The first-order chi connectivity index (χ1) is 10.7. The van der Waals surface area contributed by atoms with Gasteiger partial charge in [-0.05, 0) is 36.8 Å². The van der Waals surface area contributed by atoms with Crippen LogP contribution in [-0.4, -0.2) is 18.5 Å². The van der Waals surface area contributed by atoms with Crippen LogP contribution in [0.2, 0.25) is 0 Å². The molecule has 114 valence electrons. The summed E-state index contributed by atoms with van der Waals surface area (Å²) >= 11 is 0. The van der Waals surface area contributed by atoms with E-state index in [9.17, 15) is 9.59 Å². The molecule has 0 heterocycles. The molecule has 0 unspecified atom stereocenters. The highest BCUT2D eigenvalue weighted by molar-refractivity contribution is 5.93. The van der Waals surface area contributed by atoms with E-state index >= 15 is 0 Å². The Bertz CT molecular complexity index is 641. The highest BCUT2D eigenvalue weighted by Gasteiger charge is 2.06. The van der Waals surface area contributed by atoms with Crippen LogP contribution in [0.4, 0.5) is 16.2 Å². The number of carbonyl (C=O) groups excluding carboxylic acids is 2. The average Bonchev–Trinajstić information content (AvgIpc) is 2.48. The molecule has 0 saturated carbocycles. The van der Waals surface area contributed by atoms with Crippen molar-refractivity contribution < 1.29 is 9.59 Å². The van der Waals surface area contributed by atoms with E-state index < -0.39 is 0 Å². The largest absolute Gasteiger partial charge is 0.338 e. The second-order valence-corrected chi connectivity index (χ2v) is 4.78. The lowest BCUT2D eigenvalue weighted by molar-refractivity contribution is -0.115. The smallest absolute Gasteiger partial charge is 0.319 e. The van der Waals surface area contributed by atoms with Gasteiger partial charge in [-0.1, -0.05) is 30.3 Å². The lowest BCUT2D eigenvalue weighted by Crippen LogP contribution is -2.28. The van der Waals surface area contributed by atoms with Gasteiger partial charge in [0.05, 0.1) is 6.42 Å². The summed E-state index contributed by atoms with van der Waals surface area (Å²) < 4.78 is 0. The number of para-hydroxylation sites is 1. The SMILES string of the molecule is CCNC(=O)Nc1cccc(CC(=O)Nc2ccccc2)c1. The summed E-state index contributed by atoms with van der Waals surface area (Å²) in [7, 11) is 0. The molecule has 22 heavy (non-hydrogen) atoms. The number of hydrogen-bond donors (Lipinski definition) is 3. The van der Waals surface area contributed by atoms with Gasteiger partial charge in [-0.15, -0.1) is 0 Å². The van der Waals surface area contributed by atoms with Crippen LogP contribution < -0.4 is 16.0 Å². The minimum absolute atomic E-state index is 0.0960. The van der Waals surface area contributed by atoms with Crippen LogP contribution in [0.1, 0.15) is 12.5 Å². The van der Waals surface area contributed by atoms with Gasteiger partial charge in [-0.2, -0.15) is 0 Å².